The average molecular weight is 429 g/mol. The van der Waals surface area contributed by atoms with E-state index in [4.69, 9.17) is 15.5 Å². The summed E-state index contributed by atoms with van der Waals surface area (Å²) in [5.41, 5.74) is 7.57. The summed E-state index contributed by atoms with van der Waals surface area (Å²) in [6.07, 6.45) is 1.53. The number of ether oxygens (including phenoxy) is 1. The number of rotatable bonds is 7. The molecule has 1 fully saturated rings. The molecule has 30 heavy (non-hydrogen) atoms. The quantitative estimate of drug-likeness (QED) is 0.586. The van der Waals surface area contributed by atoms with Crippen LogP contribution < -0.4 is 10.6 Å². The van der Waals surface area contributed by atoms with E-state index in [-0.39, 0.29) is 38.4 Å². The standard InChI is InChI=1S/C20H22N6O3.H2S/c1-12(27)10-29-11-15-22-16-19(23-15)24-18(13-6-3-2-4-7-13)25-20(16)26-9-5-8-14(26)17(21)28;/h2-4,6-7,14H,5,8-11H2,1H3,(H2,21,28)(H,22,23,24,25);1H2/t14-;/m0./s1. The minimum absolute atomic E-state index is 0. The number of Topliss-reactive ketones (excluding diaryl/α,β-unsaturated/α-hetero) is 1. The van der Waals surface area contributed by atoms with E-state index in [0.29, 0.717) is 41.6 Å². The van der Waals surface area contributed by atoms with Crippen molar-refractivity contribution in [3.8, 4) is 11.4 Å². The summed E-state index contributed by atoms with van der Waals surface area (Å²) in [4.78, 5) is 42.0. The Bertz CT molecular complexity index is 1060. The van der Waals surface area contributed by atoms with Crippen molar-refractivity contribution in [3.63, 3.8) is 0 Å². The third kappa shape index (κ3) is 4.44. The molecule has 0 spiro atoms. The second kappa shape index (κ2) is 9.23. The molecule has 1 aliphatic heterocycles. The topological polar surface area (TPSA) is 127 Å². The summed E-state index contributed by atoms with van der Waals surface area (Å²) in [6, 6.07) is 9.17. The van der Waals surface area contributed by atoms with Gasteiger partial charge >= 0.3 is 0 Å². The number of carbonyl (C=O) groups is 2. The number of imidazole rings is 1. The van der Waals surface area contributed by atoms with Gasteiger partial charge < -0.3 is 20.4 Å². The maximum absolute atomic E-state index is 11.9. The molecule has 1 amide bonds. The number of fused-ring (bicyclic) bond motifs is 1. The molecule has 2 aromatic heterocycles. The second-order valence-corrected chi connectivity index (χ2v) is 7.07. The van der Waals surface area contributed by atoms with E-state index in [2.05, 4.69) is 15.0 Å². The van der Waals surface area contributed by atoms with Gasteiger partial charge in [-0.25, -0.2) is 15.0 Å². The molecule has 0 saturated carbocycles. The lowest BCUT2D eigenvalue weighted by atomic mass is 10.2. The number of carbonyl (C=O) groups excluding carboxylic acids is 2. The Morgan fingerprint density at radius 2 is 2.00 bits per heavy atom. The van der Waals surface area contributed by atoms with Gasteiger partial charge in [-0.15, -0.1) is 0 Å². The van der Waals surface area contributed by atoms with Crippen LogP contribution >= 0.6 is 13.5 Å². The van der Waals surface area contributed by atoms with Crippen LogP contribution in [-0.4, -0.2) is 50.8 Å². The normalized spacial score (nSPS) is 15.9. The number of aromatic nitrogens is 4. The van der Waals surface area contributed by atoms with Crippen molar-refractivity contribution in [1.29, 1.82) is 0 Å². The van der Waals surface area contributed by atoms with E-state index >= 15 is 0 Å². The molecule has 1 atom stereocenters. The van der Waals surface area contributed by atoms with Crippen LogP contribution in [-0.2, 0) is 20.9 Å². The zero-order chi connectivity index (χ0) is 20.4. The van der Waals surface area contributed by atoms with Crippen LogP contribution in [0.2, 0.25) is 0 Å². The van der Waals surface area contributed by atoms with Gasteiger partial charge in [0.2, 0.25) is 5.91 Å². The summed E-state index contributed by atoms with van der Waals surface area (Å²) < 4.78 is 5.37. The number of ketones is 1. The van der Waals surface area contributed by atoms with Crippen LogP contribution in [0.15, 0.2) is 30.3 Å². The van der Waals surface area contributed by atoms with E-state index in [1.54, 1.807) is 0 Å². The van der Waals surface area contributed by atoms with Gasteiger partial charge in [0.1, 0.15) is 30.6 Å². The fourth-order valence-corrected chi connectivity index (χ4v) is 3.53. The van der Waals surface area contributed by atoms with Crippen LogP contribution in [0.5, 0.6) is 0 Å². The molecule has 3 heterocycles. The highest BCUT2D eigenvalue weighted by atomic mass is 32.1. The van der Waals surface area contributed by atoms with E-state index < -0.39 is 6.04 Å². The highest BCUT2D eigenvalue weighted by Gasteiger charge is 2.32. The minimum Gasteiger partial charge on any atom is -0.368 e. The molecular weight excluding hydrogens is 404 g/mol. The number of amides is 1. The van der Waals surface area contributed by atoms with Crippen molar-refractivity contribution >= 4 is 42.2 Å². The van der Waals surface area contributed by atoms with Crippen LogP contribution in [0.25, 0.3) is 22.6 Å². The number of aromatic amines is 1. The number of hydrogen-bond acceptors (Lipinski definition) is 7. The first-order valence-corrected chi connectivity index (χ1v) is 9.48. The maximum atomic E-state index is 11.9. The van der Waals surface area contributed by atoms with E-state index in [9.17, 15) is 9.59 Å². The van der Waals surface area contributed by atoms with Gasteiger partial charge in [0.05, 0.1) is 0 Å². The molecule has 0 bridgehead atoms. The lowest BCUT2D eigenvalue weighted by Gasteiger charge is -2.23. The first-order valence-electron chi connectivity index (χ1n) is 9.48. The second-order valence-electron chi connectivity index (χ2n) is 7.07. The third-order valence-electron chi connectivity index (χ3n) is 4.81. The molecule has 1 aromatic carbocycles. The monoisotopic (exact) mass is 428 g/mol. The molecule has 3 N–H and O–H groups in total. The number of anilines is 1. The van der Waals surface area contributed by atoms with Crippen LogP contribution in [0, 0.1) is 0 Å². The fourth-order valence-electron chi connectivity index (χ4n) is 3.53. The first kappa shape index (κ1) is 21.7. The van der Waals surface area contributed by atoms with E-state index in [1.165, 1.54) is 6.92 Å². The van der Waals surface area contributed by atoms with Gasteiger partial charge in [-0.05, 0) is 19.8 Å². The summed E-state index contributed by atoms with van der Waals surface area (Å²) in [6.45, 7) is 2.30. The number of hydrogen-bond donors (Lipinski definition) is 2. The van der Waals surface area contributed by atoms with Crippen molar-refractivity contribution < 1.29 is 14.3 Å². The molecule has 0 radical (unpaired) electrons. The van der Waals surface area contributed by atoms with Crippen molar-refractivity contribution in [2.24, 2.45) is 5.73 Å². The SMILES string of the molecule is CC(=O)COCc1nc2nc(-c3ccccc3)nc(N3CCC[C@H]3C(N)=O)c2[nH]1.S. The molecule has 4 rings (SSSR count). The first-order chi connectivity index (χ1) is 14.0. The van der Waals surface area contributed by atoms with Crippen LogP contribution in [0.1, 0.15) is 25.6 Å². The van der Waals surface area contributed by atoms with Crippen LogP contribution in [0.3, 0.4) is 0 Å². The van der Waals surface area contributed by atoms with Gasteiger partial charge in [-0.3, -0.25) is 9.59 Å². The van der Waals surface area contributed by atoms with E-state index in [0.717, 1.165) is 12.0 Å². The predicted octanol–water partition coefficient (Wildman–Crippen LogP) is 1.69. The Kier molecular flexibility index (Phi) is 6.68. The van der Waals surface area contributed by atoms with Crippen molar-refractivity contribution in [3.05, 3.63) is 36.2 Å². The van der Waals surface area contributed by atoms with Gasteiger partial charge in [-0.1, -0.05) is 30.3 Å². The lowest BCUT2D eigenvalue weighted by molar-refractivity contribution is -0.122. The Balaban J connectivity index is 0.00000256. The highest BCUT2D eigenvalue weighted by molar-refractivity contribution is 7.59. The molecule has 10 heteroatoms. The highest BCUT2D eigenvalue weighted by Crippen LogP contribution is 2.31. The number of primary amides is 1. The Morgan fingerprint density at radius 3 is 2.70 bits per heavy atom. The molecule has 9 nitrogen and oxygen atoms in total. The maximum Gasteiger partial charge on any atom is 0.240 e. The largest absolute Gasteiger partial charge is 0.368 e. The smallest absolute Gasteiger partial charge is 0.240 e. The van der Waals surface area contributed by atoms with Crippen molar-refractivity contribution in [2.45, 2.75) is 32.4 Å². The lowest BCUT2D eigenvalue weighted by Crippen LogP contribution is -2.41. The Morgan fingerprint density at radius 1 is 1.23 bits per heavy atom. The third-order valence-corrected chi connectivity index (χ3v) is 4.81. The number of nitrogens with one attached hydrogen (secondary N) is 1. The van der Waals surface area contributed by atoms with Gasteiger partial charge in [0.15, 0.2) is 23.1 Å². The predicted molar refractivity (Wildman–Crippen MR) is 117 cm³/mol. The van der Waals surface area contributed by atoms with Crippen molar-refractivity contribution in [2.75, 3.05) is 18.1 Å². The van der Waals surface area contributed by atoms with Crippen molar-refractivity contribution in [1.82, 2.24) is 19.9 Å². The minimum atomic E-state index is -0.419. The number of benzene rings is 1. The van der Waals surface area contributed by atoms with Gasteiger partial charge in [0.25, 0.3) is 0 Å². The zero-order valence-corrected chi connectivity index (χ0v) is 17.6. The summed E-state index contributed by atoms with van der Waals surface area (Å²) >= 11 is 0. The molecular formula is C20H24N6O3S. The molecule has 1 saturated heterocycles. The summed E-state index contributed by atoms with van der Waals surface area (Å²) in [7, 11) is 0. The fraction of sp³-hybridized carbons (Fsp3) is 0.350. The number of nitrogens with two attached hydrogens (primary N) is 1. The summed E-state index contributed by atoms with van der Waals surface area (Å²) in [5.74, 6) is 1.22. The van der Waals surface area contributed by atoms with Gasteiger partial charge in [-0.2, -0.15) is 13.5 Å². The number of nitrogens with zero attached hydrogens (tertiary/aromatic N) is 4. The molecule has 1 aliphatic rings. The molecule has 3 aromatic rings. The van der Waals surface area contributed by atoms with E-state index in [1.807, 2.05) is 35.2 Å². The Labute approximate surface area is 180 Å². The van der Waals surface area contributed by atoms with Crippen LogP contribution in [0.4, 0.5) is 5.82 Å². The number of H-pyrrole nitrogens is 1. The Hall–Kier alpha value is -2.98. The average Bonchev–Trinajstić information content (AvgIpc) is 3.34. The molecule has 0 unspecified atom stereocenters. The molecule has 0 aliphatic carbocycles. The summed E-state index contributed by atoms with van der Waals surface area (Å²) in [5, 5.41) is 0. The molecule has 158 valence electrons. The van der Waals surface area contributed by atoms with Gasteiger partial charge in [0, 0.05) is 12.1 Å². The zero-order valence-electron chi connectivity index (χ0n) is 16.6.